The minimum Gasteiger partial charge on any atom is -0.480 e. The van der Waals surface area contributed by atoms with Gasteiger partial charge in [-0.2, -0.15) is 0 Å². The van der Waals surface area contributed by atoms with Gasteiger partial charge in [0.1, 0.15) is 12.1 Å². The third-order valence-electron chi connectivity index (χ3n) is 8.37. The van der Waals surface area contributed by atoms with Crippen LogP contribution in [0.2, 0.25) is 0 Å². The normalized spacial score (nSPS) is 17.7. The molecule has 4 aromatic rings. The van der Waals surface area contributed by atoms with Gasteiger partial charge in [0.25, 0.3) is 0 Å². The van der Waals surface area contributed by atoms with Gasteiger partial charge in [0, 0.05) is 30.1 Å². The van der Waals surface area contributed by atoms with Gasteiger partial charge in [-0.25, -0.2) is 4.79 Å². The van der Waals surface area contributed by atoms with Crippen LogP contribution in [0.1, 0.15) is 42.9 Å². The number of ether oxygens (including phenoxy) is 2. The number of nitrogens with one attached hydrogen (secondary N) is 2. The zero-order valence-corrected chi connectivity index (χ0v) is 25.6. The number of H-pyrrole nitrogens is 1. The van der Waals surface area contributed by atoms with Gasteiger partial charge in [-0.1, -0.05) is 78.9 Å². The third-order valence-corrected chi connectivity index (χ3v) is 8.37. The van der Waals surface area contributed by atoms with Gasteiger partial charge in [-0.05, 0) is 55.4 Å². The SMILES string of the molecule is CCOC(=O)[C@H](CCc1ccccc1)NC(CCc1c[nH]c2ccccc12)C(=O)N1CC(OCc2ccccc2)C[C@H]1C(=O)O. The fraction of sp³-hybridized carbons (Fsp3) is 0.361. The highest BCUT2D eigenvalue weighted by atomic mass is 16.5. The van der Waals surface area contributed by atoms with E-state index in [4.69, 9.17) is 9.47 Å². The number of carbonyl (C=O) groups is 3. The number of likely N-dealkylation sites (tertiary alicyclic amines) is 1. The summed E-state index contributed by atoms with van der Waals surface area (Å²) in [5, 5.41) is 14.5. The number of carbonyl (C=O) groups excluding carboxylic acids is 2. The van der Waals surface area contributed by atoms with Gasteiger partial charge in [0.05, 0.1) is 25.4 Å². The van der Waals surface area contributed by atoms with Crippen molar-refractivity contribution in [3.05, 3.63) is 108 Å². The number of benzene rings is 3. The monoisotopic (exact) mass is 611 g/mol. The molecule has 5 rings (SSSR count). The molecule has 2 unspecified atom stereocenters. The van der Waals surface area contributed by atoms with Gasteiger partial charge in [-0.3, -0.25) is 14.9 Å². The number of amides is 1. The number of fused-ring (bicyclic) bond motifs is 1. The smallest absolute Gasteiger partial charge is 0.326 e. The van der Waals surface area contributed by atoms with Crippen LogP contribution in [0.15, 0.2) is 91.1 Å². The van der Waals surface area contributed by atoms with Gasteiger partial charge in [0.15, 0.2) is 0 Å². The molecule has 236 valence electrons. The Labute approximate surface area is 263 Å². The minimum atomic E-state index is -1.07. The van der Waals surface area contributed by atoms with E-state index in [9.17, 15) is 19.5 Å². The number of para-hydroxylation sites is 1. The summed E-state index contributed by atoms with van der Waals surface area (Å²) in [7, 11) is 0. The van der Waals surface area contributed by atoms with E-state index in [0.29, 0.717) is 32.3 Å². The first-order chi connectivity index (χ1) is 21.9. The van der Waals surface area contributed by atoms with Crippen molar-refractivity contribution in [2.75, 3.05) is 13.2 Å². The van der Waals surface area contributed by atoms with Crippen molar-refractivity contribution in [3.63, 3.8) is 0 Å². The quantitative estimate of drug-likeness (QED) is 0.164. The van der Waals surface area contributed by atoms with E-state index in [0.717, 1.165) is 27.6 Å². The molecule has 9 heteroatoms. The predicted octanol–water partition coefficient (Wildman–Crippen LogP) is 4.89. The highest BCUT2D eigenvalue weighted by molar-refractivity contribution is 5.89. The topological polar surface area (TPSA) is 121 Å². The molecule has 1 fully saturated rings. The van der Waals surface area contributed by atoms with Crippen molar-refractivity contribution in [1.82, 2.24) is 15.2 Å². The lowest BCUT2D eigenvalue weighted by molar-refractivity contribution is -0.150. The average Bonchev–Trinajstić information content (AvgIpc) is 3.69. The zero-order chi connectivity index (χ0) is 31.6. The average molecular weight is 612 g/mol. The summed E-state index contributed by atoms with van der Waals surface area (Å²) in [4.78, 5) is 44.5. The Morgan fingerprint density at radius 1 is 0.911 bits per heavy atom. The van der Waals surface area contributed by atoms with E-state index in [2.05, 4.69) is 10.3 Å². The molecule has 4 atom stereocenters. The standard InChI is InChI=1S/C36H41N3O6/c1-2-44-36(43)32(19-17-25-11-5-3-6-12-25)38-31(20-18-27-22-37-30-16-10-9-15-29(27)30)34(40)39-23-28(21-33(39)35(41)42)45-24-26-13-7-4-8-14-26/h3-16,22,28,31-33,37-38H,2,17-21,23-24H2,1H3,(H,41,42)/t28?,31?,32-,33-/m0/s1. The lowest BCUT2D eigenvalue weighted by atomic mass is 10.00. The first kappa shape index (κ1) is 31.9. The molecule has 1 saturated heterocycles. The first-order valence-corrected chi connectivity index (χ1v) is 15.6. The molecule has 1 aliphatic heterocycles. The number of nitrogens with zero attached hydrogens (tertiary/aromatic N) is 1. The van der Waals surface area contributed by atoms with Crippen molar-refractivity contribution >= 4 is 28.7 Å². The second-order valence-corrected chi connectivity index (χ2v) is 11.4. The van der Waals surface area contributed by atoms with Crippen LogP contribution in [0.3, 0.4) is 0 Å². The van der Waals surface area contributed by atoms with Crippen LogP contribution in [0.5, 0.6) is 0 Å². The second-order valence-electron chi connectivity index (χ2n) is 11.4. The molecule has 0 radical (unpaired) electrons. The van der Waals surface area contributed by atoms with Crippen molar-refractivity contribution in [2.24, 2.45) is 0 Å². The Hall–Kier alpha value is -4.47. The van der Waals surface area contributed by atoms with E-state index in [1.54, 1.807) is 6.92 Å². The Kier molecular flexibility index (Phi) is 11.0. The number of aromatic nitrogens is 1. The van der Waals surface area contributed by atoms with Crippen molar-refractivity contribution < 1.29 is 29.0 Å². The maximum absolute atomic E-state index is 14.3. The van der Waals surface area contributed by atoms with Crippen molar-refractivity contribution in [3.8, 4) is 0 Å². The molecular formula is C36H41N3O6. The maximum Gasteiger partial charge on any atom is 0.326 e. The van der Waals surface area contributed by atoms with E-state index in [1.165, 1.54) is 4.90 Å². The zero-order valence-electron chi connectivity index (χ0n) is 25.6. The Morgan fingerprint density at radius 2 is 1.58 bits per heavy atom. The summed E-state index contributed by atoms with van der Waals surface area (Å²) < 4.78 is 11.5. The molecule has 1 aromatic heterocycles. The molecule has 0 saturated carbocycles. The lowest BCUT2D eigenvalue weighted by Crippen LogP contribution is -2.54. The number of aryl methyl sites for hydroxylation is 2. The molecule has 2 heterocycles. The number of hydrogen-bond donors (Lipinski definition) is 3. The van der Waals surface area contributed by atoms with Crippen LogP contribution in [-0.2, 0) is 43.3 Å². The maximum atomic E-state index is 14.3. The predicted molar refractivity (Wildman–Crippen MR) is 172 cm³/mol. The Morgan fingerprint density at radius 3 is 2.29 bits per heavy atom. The Balaban J connectivity index is 1.36. The largest absolute Gasteiger partial charge is 0.480 e. The number of hydrogen-bond acceptors (Lipinski definition) is 6. The molecule has 1 amide bonds. The van der Waals surface area contributed by atoms with Gasteiger partial charge in [0.2, 0.25) is 5.91 Å². The number of esters is 1. The minimum absolute atomic E-state index is 0.155. The summed E-state index contributed by atoms with van der Waals surface area (Å²) >= 11 is 0. The molecule has 45 heavy (non-hydrogen) atoms. The highest BCUT2D eigenvalue weighted by Gasteiger charge is 2.43. The van der Waals surface area contributed by atoms with E-state index >= 15 is 0 Å². The van der Waals surface area contributed by atoms with E-state index < -0.39 is 36.2 Å². The molecule has 0 bridgehead atoms. The number of aromatic amines is 1. The number of carboxylic acids is 1. The van der Waals surface area contributed by atoms with Crippen LogP contribution in [-0.4, -0.2) is 70.2 Å². The fourth-order valence-corrected chi connectivity index (χ4v) is 6.01. The van der Waals surface area contributed by atoms with E-state index in [-0.39, 0.29) is 25.5 Å². The fourth-order valence-electron chi connectivity index (χ4n) is 6.01. The second kappa shape index (κ2) is 15.5. The highest BCUT2D eigenvalue weighted by Crippen LogP contribution is 2.25. The third kappa shape index (κ3) is 8.38. The summed E-state index contributed by atoms with van der Waals surface area (Å²) in [5.74, 6) is -1.86. The van der Waals surface area contributed by atoms with Gasteiger partial charge >= 0.3 is 11.9 Å². The van der Waals surface area contributed by atoms with Crippen LogP contribution in [0, 0.1) is 0 Å². The number of aliphatic carboxylic acids is 1. The molecule has 3 N–H and O–H groups in total. The summed E-state index contributed by atoms with van der Waals surface area (Å²) in [5.41, 5.74) is 4.09. The number of carboxylic acid groups (broad SMARTS) is 1. The van der Waals surface area contributed by atoms with Gasteiger partial charge < -0.3 is 24.5 Å². The summed E-state index contributed by atoms with van der Waals surface area (Å²) in [6.45, 7) is 2.45. The van der Waals surface area contributed by atoms with Gasteiger partial charge in [-0.15, -0.1) is 0 Å². The van der Waals surface area contributed by atoms with Crippen LogP contribution < -0.4 is 5.32 Å². The van der Waals surface area contributed by atoms with E-state index in [1.807, 2.05) is 91.1 Å². The van der Waals surface area contributed by atoms with Crippen molar-refractivity contribution in [2.45, 2.75) is 69.9 Å². The van der Waals surface area contributed by atoms with Crippen molar-refractivity contribution in [1.29, 1.82) is 0 Å². The molecule has 1 aliphatic rings. The van der Waals surface area contributed by atoms with Crippen LogP contribution >= 0.6 is 0 Å². The Bertz CT molecular complexity index is 1560. The number of rotatable bonds is 15. The molecule has 9 nitrogen and oxygen atoms in total. The molecule has 0 spiro atoms. The molecular weight excluding hydrogens is 570 g/mol. The first-order valence-electron chi connectivity index (χ1n) is 15.6. The molecule has 0 aliphatic carbocycles. The summed E-state index contributed by atoms with van der Waals surface area (Å²) in [6.07, 6.45) is 3.64. The van der Waals surface area contributed by atoms with Crippen LogP contribution in [0.4, 0.5) is 0 Å². The van der Waals surface area contributed by atoms with Crippen LogP contribution in [0.25, 0.3) is 10.9 Å². The molecule has 3 aromatic carbocycles. The summed E-state index contributed by atoms with van der Waals surface area (Å²) in [6, 6.07) is 24.9. The lowest BCUT2D eigenvalue weighted by Gasteiger charge is -2.30.